The minimum Gasteiger partial charge on any atom is -0.493 e. The van der Waals surface area contributed by atoms with Crippen molar-refractivity contribution in [2.45, 2.75) is 13.0 Å². The first-order valence-corrected chi connectivity index (χ1v) is 8.28. The predicted octanol–water partition coefficient (Wildman–Crippen LogP) is 2.05. The Bertz CT molecular complexity index is 812. The van der Waals surface area contributed by atoms with Crippen LogP contribution in [0.2, 0.25) is 0 Å². The molecule has 28 heavy (non-hydrogen) atoms. The van der Waals surface area contributed by atoms with E-state index in [1.54, 1.807) is 19.2 Å². The van der Waals surface area contributed by atoms with Crippen molar-refractivity contribution in [3.05, 3.63) is 53.3 Å². The highest BCUT2D eigenvalue weighted by Gasteiger charge is 2.19. The molecule has 0 amide bonds. The smallest absolute Gasteiger partial charge is 0.414 e. The predicted molar refractivity (Wildman–Crippen MR) is 96.2 cm³/mol. The molecule has 0 aliphatic carbocycles. The highest BCUT2D eigenvalue weighted by Crippen LogP contribution is 2.41. The Morgan fingerprint density at radius 1 is 1.11 bits per heavy atom. The third-order valence-corrected chi connectivity index (χ3v) is 3.73. The van der Waals surface area contributed by atoms with Crippen molar-refractivity contribution in [2.24, 2.45) is 0 Å². The van der Waals surface area contributed by atoms with E-state index in [1.165, 1.54) is 12.1 Å². The van der Waals surface area contributed by atoms with Gasteiger partial charge in [-0.3, -0.25) is 0 Å². The number of carboxylic acid groups (broad SMARTS) is 2. The van der Waals surface area contributed by atoms with E-state index in [9.17, 15) is 4.39 Å². The minimum atomic E-state index is -1.82. The Morgan fingerprint density at radius 2 is 1.79 bits per heavy atom. The van der Waals surface area contributed by atoms with Gasteiger partial charge in [-0.1, -0.05) is 12.1 Å². The van der Waals surface area contributed by atoms with E-state index in [2.05, 4.69) is 5.32 Å². The Morgan fingerprint density at radius 3 is 2.39 bits per heavy atom. The van der Waals surface area contributed by atoms with Crippen molar-refractivity contribution < 1.29 is 38.4 Å². The average Bonchev–Trinajstić information content (AvgIpc) is 3.15. The number of nitrogens with one attached hydrogen (secondary N) is 1. The Hall–Kier alpha value is -3.33. The molecule has 1 aliphatic heterocycles. The molecule has 0 atom stereocenters. The van der Waals surface area contributed by atoms with Crippen LogP contribution in [0.4, 0.5) is 4.39 Å². The normalized spacial score (nSPS) is 11.4. The van der Waals surface area contributed by atoms with Crippen LogP contribution in [0.25, 0.3) is 0 Å². The topological polar surface area (TPSA) is 114 Å². The van der Waals surface area contributed by atoms with Gasteiger partial charge in [0.2, 0.25) is 12.5 Å². The summed E-state index contributed by atoms with van der Waals surface area (Å²) in [5, 5.41) is 18.1. The van der Waals surface area contributed by atoms with E-state index < -0.39 is 11.9 Å². The van der Waals surface area contributed by atoms with Crippen LogP contribution in [0.3, 0.4) is 0 Å². The molecular formula is C19H20FNO7. The number of rotatable bonds is 6. The lowest BCUT2D eigenvalue weighted by Gasteiger charge is -2.09. The van der Waals surface area contributed by atoms with Gasteiger partial charge in [-0.05, 0) is 48.4 Å². The van der Waals surface area contributed by atoms with Gasteiger partial charge in [0.05, 0.1) is 7.11 Å². The van der Waals surface area contributed by atoms with Gasteiger partial charge >= 0.3 is 11.9 Å². The molecule has 0 aromatic heterocycles. The molecular weight excluding hydrogens is 373 g/mol. The minimum absolute atomic E-state index is 0.204. The molecule has 150 valence electrons. The summed E-state index contributed by atoms with van der Waals surface area (Å²) < 4.78 is 28.9. The van der Waals surface area contributed by atoms with Gasteiger partial charge in [0.25, 0.3) is 0 Å². The van der Waals surface area contributed by atoms with Crippen LogP contribution < -0.4 is 19.5 Å². The summed E-state index contributed by atoms with van der Waals surface area (Å²) in [6, 6.07) is 10.5. The van der Waals surface area contributed by atoms with E-state index in [1.807, 2.05) is 12.1 Å². The molecule has 3 N–H and O–H groups in total. The van der Waals surface area contributed by atoms with E-state index in [0.29, 0.717) is 18.0 Å². The number of methoxy groups -OCH3 is 1. The van der Waals surface area contributed by atoms with Crippen LogP contribution in [0, 0.1) is 5.82 Å². The third-order valence-electron chi connectivity index (χ3n) is 3.73. The molecule has 0 radical (unpaired) electrons. The molecule has 2 aromatic carbocycles. The van der Waals surface area contributed by atoms with E-state index in [-0.39, 0.29) is 12.6 Å². The number of carboxylic acids is 2. The van der Waals surface area contributed by atoms with Crippen LogP contribution >= 0.6 is 0 Å². The molecule has 0 saturated heterocycles. The summed E-state index contributed by atoms with van der Waals surface area (Å²) in [5.74, 6) is -1.79. The van der Waals surface area contributed by atoms with Crippen molar-refractivity contribution in [1.82, 2.24) is 5.32 Å². The van der Waals surface area contributed by atoms with Crippen molar-refractivity contribution in [3.8, 4) is 17.2 Å². The first-order valence-electron chi connectivity index (χ1n) is 8.28. The monoisotopic (exact) mass is 393 g/mol. The highest BCUT2D eigenvalue weighted by atomic mass is 19.1. The van der Waals surface area contributed by atoms with E-state index in [4.69, 9.17) is 34.0 Å². The molecule has 0 bridgehead atoms. The summed E-state index contributed by atoms with van der Waals surface area (Å²) >= 11 is 0. The zero-order chi connectivity index (χ0) is 20.5. The van der Waals surface area contributed by atoms with E-state index >= 15 is 0 Å². The molecule has 1 heterocycles. The summed E-state index contributed by atoms with van der Waals surface area (Å²) in [7, 11) is 1.61. The number of carbonyl (C=O) groups is 2. The summed E-state index contributed by atoms with van der Waals surface area (Å²) in [5.41, 5.74) is 2.18. The second-order valence-corrected chi connectivity index (χ2v) is 5.70. The van der Waals surface area contributed by atoms with Crippen LogP contribution in [0.5, 0.6) is 17.2 Å². The number of aliphatic carboxylic acids is 2. The number of halogens is 1. The van der Waals surface area contributed by atoms with Crippen molar-refractivity contribution >= 4 is 11.9 Å². The molecule has 2 aromatic rings. The fraction of sp³-hybridized carbons (Fsp3) is 0.263. The zero-order valence-electron chi connectivity index (χ0n) is 15.1. The number of hydrogen-bond acceptors (Lipinski definition) is 6. The Labute approximate surface area is 160 Å². The molecule has 3 rings (SSSR count). The van der Waals surface area contributed by atoms with Gasteiger partial charge in [-0.15, -0.1) is 0 Å². The molecule has 0 fully saturated rings. The first-order chi connectivity index (χ1) is 13.4. The van der Waals surface area contributed by atoms with Crippen molar-refractivity contribution in [3.63, 3.8) is 0 Å². The maximum atomic E-state index is 12.8. The standard InChI is InChI=1S/C17H18FNO3.C2H2O4/c1-20-15-8-13(9-16-17(15)22-11-21-16)10-19-7-6-12-2-4-14(18)5-3-12;3-1(4)2(5)6/h2-5,8-9,19H,6-7,10-11H2,1H3;(H,3,4)(H,5,6). The van der Waals surface area contributed by atoms with E-state index in [0.717, 1.165) is 29.8 Å². The average molecular weight is 393 g/mol. The Kier molecular flexibility index (Phi) is 7.58. The second kappa shape index (κ2) is 10.1. The van der Waals surface area contributed by atoms with Gasteiger partial charge in [0.1, 0.15) is 5.82 Å². The molecule has 8 nitrogen and oxygen atoms in total. The first kappa shape index (κ1) is 21.0. The van der Waals surface area contributed by atoms with Crippen molar-refractivity contribution in [1.29, 1.82) is 0 Å². The summed E-state index contributed by atoms with van der Waals surface area (Å²) in [6.07, 6.45) is 0.849. The lowest BCUT2D eigenvalue weighted by atomic mass is 10.1. The van der Waals surface area contributed by atoms with Crippen molar-refractivity contribution in [2.75, 3.05) is 20.4 Å². The molecule has 9 heteroatoms. The second-order valence-electron chi connectivity index (χ2n) is 5.70. The molecule has 1 aliphatic rings. The fourth-order valence-corrected chi connectivity index (χ4v) is 2.40. The maximum Gasteiger partial charge on any atom is 0.414 e. The van der Waals surface area contributed by atoms with Gasteiger partial charge in [0.15, 0.2) is 11.5 Å². The third kappa shape index (κ3) is 6.13. The van der Waals surface area contributed by atoms with Gasteiger partial charge in [0, 0.05) is 6.54 Å². The van der Waals surface area contributed by atoms with Crippen LogP contribution in [0.1, 0.15) is 11.1 Å². The summed E-state index contributed by atoms with van der Waals surface area (Å²) in [4.78, 5) is 18.2. The lowest BCUT2D eigenvalue weighted by Crippen LogP contribution is -2.16. The van der Waals surface area contributed by atoms with Crippen LogP contribution in [-0.2, 0) is 22.6 Å². The number of benzene rings is 2. The van der Waals surface area contributed by atoms with Crippen LogP contribution in [-0.4, -0.2) is 42.6 Å². The zero-order valence-corrected chi connectivity index (χ0v) is 15.1. The van der Waals surface area contributed by atoms with Gasteiger partial charge in [-0.2, -0.15) is 0 Å². The molecule has 0 unspecified atom stereocenters. The largest absolute Gasteiger partial charge is 0.493 e. The number of fused-ring (bicyclic) bond motifs is 1. The lowest BCUT2D eigenvalue weighted by molar-refractivity contribution is -0.159. The quantitative estimate of drug-likeness (QED) is 0.505. The van der Waals surface area contributed by atoms with Crippen LogP contribution in [0.15, 0.2) is 36.4 Å². The Balaban J connectivity index is 0.000000409. The number of ether oxygens (including phenoxy) is 3. The van der Waals surface area contributed by atoms with Gasteiger partial charge < -0.3 is 29.7 Å². The fourth-order valence-electron chi connectivity index (χ4n) is 2.40. The highest BCUT2D eigenvalue weighted by molar-refractivity contribution is 6.27. The molecule has 0 spiro atoms. The number of hydrogen-bond donors (Lipinski definition) is 3. The van der Waals surface area contributed by atoms with Gasteiger partial charge in [-0.25, -0.2) is 14.0 Å². The SMILES string of the molecule is COc1cc(CNCCc2ccc(F)cc2)cc2c1OCO2.O=C(O)C(=O)O. The summed E-state index contributed by atoms with van der Waals surface area (Å²) in [6.45, 7) is 1.74. The molecule has 0 saturated carbocycles. The maximum absolute atomic E-state index is 12.8.